The van der Waals surface area contributed by atoms with Crippen molar-refractivity contribution in [1.29, 1.82) is 0 Å². The lowest BCUT2D eigenvalue weighted by molar-refractivity contribution is 0.0673. The highest BCUT2D eigenvalue weighted by molar-refractivity contribution is 5.91. The maximum absolute atomic E-state index is 11.2. The molecule has 2 aliphatic heterocycles. The van der Waals surface area contributed by atoms with Crippen LogP contribution in [-0.4, -0.2) is 87.5 Å². The Hall–Kier alpha value is -3.38. The molecule has 0 atom stereocenters. The summed E-state index contributed by atoms with van der Waals surface area (Å²) in [7, 11) is 1.40. The molecule has 0 bridgehead atoms. The lowest BCUT2D eigenvalue weighted by atomic mass is 10.1. The maximum atomic E-state index is 11.2. The van der Waals surface area contributed by atoms with Crippen molar-refractivity contribution in [3.8, 4) is 11.3 Å². The zero-order valence-electron chi connectivity index (χ0n) is 17.7. The number of ether oxygens (including phenoxy) is 2. The number of carbonyl (C=O) groups is 1. The van der Waals surface area contributed by atoms with E-state index in [0.29, 0.717) is 56.7 Å². The third kappa shape index (κ3) is 3.82. The molecule has 0 unspecified atom stereocenters. The van der Waals surface area contributed by atoms with Crippen LogP contribution in [-0.2, 0) is 9.47 Å². The Balaban J connectivity index is 1.60. The van der Waals surface area contributed by atoms with Crippen molar-refractivity contribution in [2.75, 3.05) is 56.4 Å². The van der Waals surface area contributed by atoms with E-state index in [4.69, 9.17) is 24.5 Å². The molecule has 0 saturated carbocycles. The number of fused-ring (bicyclic) bond motifs is 1. The summed E-state index contributed by atoms with van der Waals surface area (Å²) in [6.07, 6.45) is 5.57. The summed E-state index contributed by atoms with van der Waals surface area (Å²) in [5.74, 6) is 0.703. The minimum Gasteiger partial charge on any atom is -0.465 e. The average Bonchev–Trinajstić information content (AvgIpc) is 3.28. The number of nitrogens with zero attached hydrogens (tertiary/aromatic N) is 8. The van der Waals surface area contributed by atoms with E-state index in [0.717, 1.165) is 28.8 Å². The van der Waals surface area contributed by atoms with Gasteiger partial charge in [0.05, 0.1) is 36.5 Å². The third-order valence-electron chi connectivity index (χ3n) is 5.77. The van der Waals surface area contributed by atoms with Gasteiger partial charge in [0.15, 0.2) is 5.65 Å². The summed E-state index contributed by atoms with van der Waals surface area (Å²) in [6, 6.07) is 0.212. The van der Waals surface area contributed by atoms with Crippen molar-refractivity contribution < 1.29 is 19.4 Å². The molecule has 5 rings (SSSR count). The van der Waals surface area contributed by atoms with Crippen molar-refractivity contribution in [3.63, 3.8) is 0 Å². The van der Waals surface area contributed by atoms with Crippen LogP contribution < -0.4 is 9.80 Å². The van der Waals surface area contributed by atoms with E-state index >= 15 is 0 Å². The lowest BCUT2D eigenvalue weighted by Crippen LogP contribution is -2.37. The van der Waals surface area contributed by atoms with Crippen LogP contribution in [0.25, 0.3) is 22.3 Å². The van der Waals surface area contributed by atoms with Crippen LogP contribution in [0.2, 0.25) is 0 Å². The van der Waals surface area contributed by atoms with Crippen molar-refractivity contribution in [1.82, 2.24) is 29.7 Å². The number of aromatic nitrogens is 6. The van der Waals surface area contributed by atoms with Crippen LogP contribution in [0.4, 0.5) is 16.7 Å². The lowest BCUT2D eigenvalue weighted by Gasteiger charge is -2.27. The van der Waals surface area contributed by atoms with E-state index in [1.54, 1.807) is 18.6 Å². The number of morpholine rings is 1. The van der Waals surface area contributed by atoms with E-state index in [1.807, 2.05) is 4.68 Å². The van der Waals surface area contributed by atoms with Crippen LogP contribution >= 0.6 is 0 Å². The molecule has 5 heterocycles. The Kier molecular flexibility index (Phi) is 5.53. The first-order valence-electron chi connectivity index (χ1n) is 10.6. The van der Waals surface area contributed by atoms with Gasteiger partial charge in [-0.2, -0.15) is 10.1 Å². The molecular weight excluding hydrogens is 416 g/mol. The van der Waals surface area contributed by atoms with Gasteiger partial charge in [0.2, 0.25) is 11.9 Å². The standard InChI is InChI=1S/C20H24N8O4/c1-26(20(29)30)18-21-10-13(11-22-18)16-15-12-23-28(14-2-6-31-7-3-14)17(15)25-19(24-16)27-4-8-32-9-5-27/h10-12,14H,2-9H2,1H3,(H,29,30). The molecule has 2 saturated heterocycles. The summed E-state index contributed by atoms with van der Waals surface area (Å²) in [6.45, 7) is 4.05. The number of hydrogen-bond acceptors (Lipinski definition) is 9. The van der Waals surface area contributed by atoms with Gasteiger partial charge in [-0.25, -0.2) is 29.3 Å². The Morgan fingerprint density at radius 1 is 1.06 bits per heavy atom. The SMILES string of the molecule is CN(C(=O)O)c1ncc(-c2nc(N3CCOCC3)nc3c2cnn3C2CCOCC2)cn1. The Morgan fingerprint density at radius 3 is 2.44 bits per heavy atom. The molecule has 3 aromatic heterocycles. The highest BCUT2D eigenvalue weighted by Gasteiger charge is 2.24. The fraction of sp³-hybridized carbons (Fsp3) is 0.500. The Labute approximate surface area is 183 Å². The Morgan fingerprint density at radius 2 is 1.75 bits per heavy atom. The second-order valence-corrected chi connectivity index (χ2v) is 7.75. The van der Waals surface area contributed by atoms with Gasteiger partial charge in [-0.05, 0) is 12.8 Å². The van der Waals surface area contributed by atoms with Crippen molar-refractivity contribution in [2.24, 2.45) is 0 Å². The summed E-state index contributed by atoms with van der Waals surface area (Å²) < 4.78 is 13.0. The van der Waals surface area contributed by atoms with Gasteiger partial charge in [0.1, 0.15) is 0 Å². The maximum Gasteiger partial charge on any atom is 0.413 e. The minimum atomic E-state index is -1.13. The molecule has 0 radical (unpaired) electrons. The van der Waals surface area contributed by atoms with Crippen LogP contribution in [0.15, 0.2) is 18.6 Å². The normalized spacial score (nSPS) is 17.6. The van der Waals surface area contributed by atoms with Crippen LogP contribution in [0.1, 0.15) is 18.9 Å². The molecule has 2 aliphatic rings. The van der Waals surface area contributed by atoms with E-state index in [9.17, 15) is 4.79 Å². The first-order valence-corrected chi connectivity index (χ1v) is 10.6. The summed E-state index contributed by atoms with van der Waals surface area (Å²) in [5, 5.41) is 14.6. The van der Waals surface area contributed by atoms with Gasteiger partial charge in [-0.15, -0.1) is 0 Å². The number of amides is 1. The van der Waals surface area contributed by atoms with Gasteiger partial charge in [-0.1, -0.05) is 0 Å². The number of rotatable bonds is 4. The minimum absolute atomic E-state index is 0.0952. The highest BCUT2D eigenvalue weighted by Crippen LogP contribution is 2.31. The Bertz CT molecular complexity index is 1110. The van der Waals surface area contributed by atoms with Gasteiger partial charge >= 0.3 is 6.09 Å². The topological polar surface area (TPSA) is 132 Å². The quantitative estimate of drug-likeness (QED) is 0.638. The van der Waals surface area contributed by atoms with Crippen LogP contribution in [0.5, 0.6) is 0 Å². The van der Waals surface area contributed by atoms with Crippen molar-refractivity contribution in [3.05, 3.63) is 18.6 Å². The molecule has 0 aromatic carbocycles. The molecule has 32 heavy (non-hydrogen) atoms. The summed E-state index contributed by atoms with van der Waals surface area (Å²) >= 11 is 0. The third-order valence-corrected chi connectivity index (χ3v) is 5.77. The van der Waals surface area contributed by atoms with Gasteiger partial charge in [0.25, 0.3) is 0 Å². The summed E-state index contributed by atoms with van der Waals surface area (Å²) in [5.41, 5.74) is 2.09. The van der Waals surface area contributed by atoms with Gasteiger partial charge in [-0.3, -0.25) is 0 Å². The van der Waals surface area contributed by atoms with Crippen molar-refractivity contribution >= 4 is 29.0 Å². The van der Waals surface area contributed by atoms with Crippen LogP contribution in [0.3, 0.4) is 0 Å². The first-order chi connectivity index (χ1) is 15.6. The molecule has 0 aliphatic carbocycles. The molecule has 12 nitrogen and oxygen atoms in total. The van der Waals surface area contributed by atoms with E-state index < -0.39 is 6.09 Å². The molecule has 1 N–H and O–H groups in total. The predicted octanol–water partition coefficient (Wildman–Crippen LogP) is 1.59. The van der Waals surface area contributed by atoms with Crippen molar-refractivity contribution in [2.45, 2.75) is 18.9 Å². The molecule has 2 fully saturated rings. The first kappa shape index (κ1) is 20.5. The molecule has 168 valence electrons. The highest BCUT2D eigenvalue weighted by atomic mass is 16.5. The molecule has 3 aromatic rings. The molecule has 0 spiro atoms. The number of hydrogen-bond donors (Lipinski definition) is 1. The predicted molar refractivity (Wildman–Crippen MR) is 115 cm³/mol. The molecule has 1 amide bonds. The van der Waals surface area contributed by atoms with Gasteiger partial charge in [0, 0.05) is 51.3 Å². The second-order valence-electron chi connectivity index (χ2n) is 7.75. The zero-order chi connectivity index (χ0) is 22.1. The fourth-order valence-corrected chi connectivity index (χ4v) is 3.94. The largest absolute Gasteiger partial charge is 0.465 e. The molecular formula is C20H24N8O4. The second kappa shape index (κ2) is 8.63. The monoisotopic (exact) mass is 440 g/mol. The van der Waals surface area contributed by atoms with E-state index in [-0.39, 0.29) is 12.0 Å². The average molecular weight is 440 g/mol. The van der Waals surface area contributed by atoms with E-state index in [2.05, 4.69) is 20.0 Å². The number of anilines is 2. The molecule has 12 heteroatoms. The van der Waals surface area contributed by atoms with Gasteiger partial charge < -0.3 is 19.5 Å². The van der Waals surface area contributed by atoms with Crippen LogP contribution in [0, 0.1) is 0 Å². The zero-order valence-corrected chi connectivity index (χ0v) is 17.7. The van der Waals surface area contributed by atoms with E-state index in [1.165, 1.54) is 7.05 Å². The smallest absolute Gasteiger partial charge is 0.413 e. The fourth-order valence-electron chi connectivity index (χ4n) is 3.94. The number of carboxylic acid groups (broad SMARTS) is 1. The summed E-state index contributed by atoms with van der Waals surface area (Å²) in [4.78, 5) is 32.4.